The topological polar surface area (TPSA) is 59.2 Å². The van der Waals surface area contributed by atoms with E-state index in [0.717, 1.165) is 24.9 Å². The largest absolute Gasteiger partial charge is 0.388 e. The predicted octanol–water partition coefficient (Wildman–Crippen LogP) is 2.64. The van der Waals surface area contributed by atoms with Gasteiger partial charge in [0.2, 0.25) is 5.91 Å². The van der Waals surface area contributed by atoms with Gasteiger partial charge in [0.15, 0.2) is 0 Å². The fourth-order valence-corrected chi connectivity index (χ4v) is 3.00. The fraction of sp³-hybridized carbons (Fsp3) is 0.562. The number of nitrogens with zero attached hydrogens (tertiary/aromatic N) is 2. The number of carbonyl (C=O) groups is 1. The molecule has 2 heterocycles. The van der Waals surface area contributed by atoms with Crippen LogP contribution in [0.15, 0.2) is 18.3 Å². The van der Waals surface area contributed by atoms with Crippen LogP contribution in [0.1, 0.15) is 50.3 Å². The Hall–Kier alpha value is -1.49. The zero-order valence-electron chi connectivity index (χ0n) is 12.5. The lowest BCUT2D eigenvalue weighted by Gasteiger charge is -2.21. The third-order valence-corrected chi connectivity index (χ3v) is 4.28. The summed E-state index contributed by atoms with van der Waals surface area (Å²) in [7, 11) is 0. The number of aromatic nitrogens is 1. The number of pyridine rings is 1. The summed E-state index contributed by atoms with van der Waals surface area (Å²) >= 11 is 4.95. The van der Waals surface area contributed by atoms with Crippen molar-refractivity contribution in [2.24, 2.45) is 11.7 Å². The molecule has 1 aromatic rings. The quantitative estimate of drug-likeness (QED) is 0.850. The van der Waals surface area contributed by atoms with Crippen molar-refractivity contribution in [3.8, 4) is 0 Å². The van der Waals surface area contributed by atoms with Gasteiger partial charge in [-0.15, -0.1) is 0 Å². The van der Waals surface area contributed by atoms with Crippen molar-refractivity contribution in [3.63, 3.8) is 0 Å². The third-order valence-electron chi connectivity index (χ3n) is 4.07. The Morgan fingerprint density at radius 1 is 1.52 bits per heavy atom. The second-order valence-corrected chi connectivity index (χ2v) is 6.15. The van der Waals surface area contributed by atoms with Crippen molar-refractivity contribution in [1.29, 1.82) is 0 Å². The Morgan fingerprint density at radius 3 is 3.05 bits per heavy atom. The van der Waals surface area contributed by atoms with Crippen LogP contribution in [0.3, 0.4) is 0 Å². The molecule has 0 spiro atoms. The highest BCUT2D eigenvalue weighted by Crippen LogP contribution is 2.23. The van der Waals surface area contributed by atoms with Crippen molar-refractivity contribution in [3.05, 3.63) is 29.6 Å². The summed E-state index contributed by atoms with van der Waals surface area (Å²) in [5.74, 6) is 0.941. The molecule has 0 aromatic carbocycles. The lowest BCUT2D eigenvalue weighted by atomic mass is 9.96. The van der Waals surface area contributed by atoms with Crippen LogP contribution in [0.25, 0.3) is 0 Å². The van der Waals surface area contributed by atoms with Crippen LogP contribution in [-0.2, 0) is 11.3 Å². The second-order valence-electron chi connectivity index (χ2n) is 5.71. The number of rotatable bonds is 5. The first kappa shape index (κ1) is 15.9. The SMILES string of the molecule is CCCC1CCC(=O)N(Cc2ccnc(C(N)=S)c2)CC1. The summed E-state index contributed by atoms with van der Waals surface area (Å²) in [6, 6.07) is 3.80. The van der Waals surface area contributed by atoms with Crippen LogP contribution >= 0.6 is 12.2 Å². The van der Waals surface area contributed by atoms with Crippen LogP contribution in [0.2, 0.25) is 0 Å². The van der Waals surface area contributed by atoms with Crippen molar-refractivity contribution < 1.29 is 4.79 Å². The van der Waals surface area contributed by atoms with E-state index in [9.17, 15) is 4.79 Å². The number of likely N-dealkylation sites (tertiary alicyclic amines) is 1. The smallest absolute Gasteiger partial charge is 0.222 e. The van der Waals surface area contributed by atoms with Crippen LogP contribution in [0, 0.1) is 5.92 Å². The third kappa shape index (κ3) is 4.49. The monoisotopic (exact) mass is 305 g/mol. The molecule has 2 rings (SSSR count). The summed E-state index contributed by atoms with van der Waals surface area (Å²) in [5.41, 5.74) is 7.26. The Labute approximate surface area is 131 Å². The van der Waals surface area contributed by atoms with Gasteiger partial charge in [0.05, 0.1) is 5.69 Å². The number of nitrogens with two attached hydrogens (primary N) is 1. The molecule has 2 N–H and O–H groups in total. The maximum Gasteiger partial charge on any atom is 0.222 e. The maximum absolute atomic E-state index is 12.2. The maximum atomic E-state index is 12.2. The summed E-state index contributed by atoms with van der Waals surface area (Å²) in [5, 5.41) is 0. The molecule has 1 unspecified atom stereocenters. The highest BCUT2D eigenvalue weighted by Gasteiger charge is 2.22. The molecule has 21 heavy (non-hydrogen) atoms. The van der Waals surface area contributed by atoms with Crippen molar-refractivity contribution in [1.82, 2.24) is 9.88 Å². The van der Waals surface area contributed by atoms with E-state index in [2.05, 4.69) is 11.9 Å². The average Bonchev–Trinajstić information content (AvgIpc) is 2.64. The van der Waals surface area contributed by atoms with Crippen LogP contribution in [0.5, 0.6) is 0 Å². The molecule has 1 aliphatic rings. The zero-order valence-corrected chi connectivity index (χ0v) is 13.4. The Morgan fingerprint density at radius 2 is 2.33 bits per heavy atom. The molecular formula is C16H23N3OS. The van der Waals surface area contributed by atoms with E-state index >= 15 is 0 Å². The van der Waals surface area contributed by atoms with Crippen molar-refractivity contribution >= 4 is 23.1 Å². The van der Waals surface area contributed by atoms with Crippen LogP contribution in [0.4, 0.5) is 0 Å². The molecule has 1 saturated heterocycles. The van der Waals surface area contributed by atoms with Gasteiger partial charge in [-0.05, 0) is 36.5 Å². The first-order chi connectivity index (χ1) is 10.1. The van der Waals surface area contributed by atoms with Gasteiger partial charge in [-0.25, -0.2) is 0 Å². The number of hydrogen-bond acceptors (Lipinski definition) is 3. The summed E-state index contributed by atoms with van der Waals surface area (Å²) in [6.45, 7) is 3.67. The minimum absolute atomic E-state index is 0.252. The average molecular weight is 305 g/mol. The molecule has 1 fully saturated rings. The van der Waals surface area contributed by atoms with Gasteiger partial charge in [-0.2, -0.15) is 0 Å². The minimum Gasteiger partial charge on any atom is -0.388 e. The Bertz CT molecular complexity index is 518. The number of thiocarbonyl (C=S) groups is 1. The molecule has 0 bridgehead atoms. The molecule has 114 valence electrons. The summed E-state index contributed by atoms with van der Waals surface area (Å²) in [4.78, 5) is 18.6. The molecule has 0 aliphatic carbocycles. The predicted molar refractivity (Wildman–Crippen MR) is 87.8 cm³/mol. The second kappa shape index (κ2) is 7.50. The van der Waals surface area contributed by atoms with E-state index in [-0.39, 0.29) is 5.91 Å². The molecule has 5 heteroatoms. The lowest BCUT2D eigenvalue weighted by Crippen LogP contribution is -2.30. The lowest BCUT2D eigenvalue weighted by molar-refractivity contribution is -0.131. The number of hydrogen-bond donors (Lipinski definition) is 1. The molecular weight excluding hydrogens is 282 g/mol. The molecule has 4 nitrogen and oxygen atoms in total. The van der Waals surface area contributed by atoms with Gasteiger partial charge in [-0.1, -0.05) is 32.0 Å². The standard InChI is InChI=1S/C16H23N3OS/c1-2-3-12-4-5-15(20)19(9-7-12)11-13-6-8-18-14(10-13)16(17)21/h6,8,10,12H,2-5,7,9,11H2,1H3,(H2,17,21). The van der Waals surface area contributed by atoms with E-state index < -0.39 is 0 Å². The van der Waals surface area contributed by atoms with Gasteiger partial charge < -0.3 is 10.6 Å². The van der Waals surface area contributed by atoms with E-state index in [1.165, 1.54) is 12.8 Å². The number of amides is 1. The van der Waals surface area contributed by atoms with Gasteiger partial charge in [0.1, 0.15) is 4.99 Å². The molecule has 0 radical (unpaired) electrons. The normalized spacial score (nSPS) is 19.4. The molecule has 1 aromatic heterocycles. The van der Waals surface area contributed by atoms with Gasteiger partial charge in [-0.3, -0.25) is 9.78 Å². The Balaban J connectivity index is 2.02. The first-order valence-electron chi connectivity index (χ1n) is 7.62. The van der Waals surface area contributed by atoms with E-state index in [1.807, 2.05) is 17.0 Å². The highest BCUT2D eigenvalue weighted by atomic mass is 32.1. The summed E-state index contributed by atoms with van der Waals surface area (Å²) in [6.07, 6.45) is 6.91. The zero-order chi connectivity index (χ0) is 15.2. The highest BCUT2D eigenvalue weighted by molar-refractivity contribution is 7.80. The molecule has 0 saturated carbocycles. The van der Waals surface area contributed by atoms with E-state index in [1.54, 1.807) is 6.20 Å². The molecule has 1 aliphatic heterocycles. The van der Waals surface area contributed by atoms with Gasteiger partial charge >= 0.3 is 0 Å². The van der Waals surface area contributed by atoms with E-state index in [0.29, 0.717) is 29.6 Å². The first-order valence-corrected chi connectivity index (χ1v) is 8.03. The van der Waals surface area contributed by atoms with Crippen molar-refractivity contribution in [2.75, 3.05) is 6.54 Å². The minimum atomic E-state index is 0.252. The van der Waals surface area contributed by atoms with Gasteiger partial charge in [0, 0.05) is 25.7 Å². The Kier molecular flexibility index (Phi) is 5.67. The van der Waals surface area contributed by atoms with Gasteiger partial charge in [0.25, 0.3) is 0 Å². The van der Waals surface area contributed by atoms with Crippen LogP contribution in [-0.4, -0.2) is 27.3 Å². The summed E-state index contributed by atoms with van der Waals surface area (Å²) < 4.78 is 0. The fourth-order valence-electron chi connectivity index (χ4n) is 2.89. The molecule has 1 amide bonds. The molecule has 1 atom stereocenters. The number of carbonyl (C=O) groups excluding carboxylic acids is 1. The van der Waals surface area contributed by atoms with Crippen molar-refractivity contribution in [2.45, 2.75) is 45.6 Å². The van der Waals surface area contributed by atoms with Crippen LogP contribution < -0.4 is 5.73 Å². The van der Waals surface area contributed by atoms with E-state index in [4.69, 9.17) is 18.0 Å².